The van der Waals surface area contributed by atoms with Crippen LogP contribution in [0.3, 0.4) is 0 Å². The Morgan fingerprint density at radius 3 is 2.68 bits per heavy atom. The lowest BCUT2D eigenvalue weighted by molar-refractivity contribution is -0.189. The second-order valence-electron chi connectivity index (χ2n) is 9.06. The fourth-order valence-corrected chi connectivity index (χ4v) is 4.88. The second kappa shape index (κ2) is 12.6. The minimum atomic E-state index is -1.07. The smallest absolute Gasteiger partial charge is 0.215 e. The molecule has 6 nitrogen and oxygen atoms in total. The first-order chi connectivity index (χ1) is 18.6. The van der Waals surface area contributed by atoms with Crippen molar-refractivity contribution in [3.63, 3.8) is 0 Å². The third-order valence-corrected chi connectivity index (χ3v) is 6.76. The van der Waals surface area contributed by atoms with Gasteiger partial charge < -0.3 is 24.1 Å². The minimum Gasteiger partial charge on any atom is -0.491 e. The molecule has 5 rings (SSSR count). The van der Waals surface area contributed by atoms with E-state index in [-0.39, 0.29) is 6.10 Å². The highest BCUT2D eigenvalue weighted by Gasteiger charge is 2.45. The normalized spacial score (nSPS) is 19.3. The predicted molar refractivity (Wildman–Crippen MR) is 150 cm³/mol. The first kappa shape index (κ1) is 26.5. The Balaban J connectivity index is 1.14. The fourth-order valence-electron chi connectivity index (χ4n) is 4.33. The highest BCUT2D eigenvalue weighted by atomic mass is 35.5. The van der Waals surface area contributed by atoms with Crippen LogP contribution in [0, 0.1) is 0 Å². The maximum Gasteiger partial charge on any atom is 0.215 e. The van der Waals surface area contributed by atoms with Gasteiger partial charge in [0.1, 0.15) is 18.5 Å². The number of benzene rings is 3. The van der Waals surface area contributed by atoms with E-state index in [1.807, 2.05) is 47.2 Å². The molecule has 38 heavy (non-hydrogen) atoms. The summed E-state index contributed by atoms with van der Waals surface area (Å²) >= 11 is 12.7. The molecule has 1 aliphatic heterocycles. The van der Waals surface area contributed by atoms with Crippen LogP contribution in [0.2, 0.25) is 10.0 Å². The van der Waals surface area contributed by atoms with Crippen LogP contribution < -0.4 is 10.1 Å². The highest BCUT2D eigenvalue weighted by Crippen LogP contribution is 2.40. The van der Waals surface area contributed by atoms with Crippen LogP contribution in [0.15, 0.2) is 97.6 Å². The van der Waals surface area contributed by atoms with Gasteiger partial charge in [-0.15, -0.1) is 0 Å². The quantitative estimate of drug-likeness (QED) is 0.221. The van der Waals surface area contributed by atoms with E-state index in [1.165, 1.54) is 11.1 Å². The number of rotatable bonds is 11. The molecule has 3 aromatic carbocycles. The summed E-state index contributed by atoms with van der Waals surface area (Å²) in [7, 11) is 0. The molecular formula is C30H29Cl2N3O3. The van der Waals surface area contributed by atoms with Gasteiger partial charge in [-0.2, -0.15) is 0 Å². The number of hydrogen-bond donors (Lipinski definition) is 1. The van der Waals surface area contributed by atoms with E-state index in [2.05, 4.69) is 46.7 Å². The predicted octanol–water partition coefficient (Wildman–Crippen LogP) is 6.34. The van der Waals surface area contributed by atoms with Crippen molar-refractivity contribution in [3.8, 4) is 5.75 Å². The molecule has 4 aromatic rings. The van der Waals surface area contributed by atoms with Crippen LogP contribution in [-0.2, 0) is 28.4 Å². The zero-order valence-corrected chi connectivity index (χ0v) is 22.3. The van der Waals surface area contributed by atoms with Gasteiger partial charge in [-0.25, -0.2) is 4.98 Å². The van der Waals surface area contributed by atoms with Crippen molar-refractivity contribution < 1.29 is 14.2 Å². The van der Waals surface area contributed by atoms with Crippen molar-refractivity contribution in [2.24, 2.45) is 0 Å². The van der Waals surface area contributed by atoms with Crippen LogP contribution in [0.1, 0.15) is 16.7 Å². The Kier molecular flexibility index (Phi) is 8.79. The third-order valence-electron chi connectivity index (χ3n) is 6.21. The number of hydrogen-bond acceptors (Lipinski definition) is 5. The van der Waals surface area contributed by atoms with Crippen LogP contribution in [0.4, 0.5) is 0 Å². The van der Waals surface area contributed by atoms with E-state index in [4.69, 9.17) is 37.4 Å². The topological polar surface area (TPSA) is 57.5 Å². The van der Waals surface area contributed by atoms with Gasteiger partial charge in [0.15, 0.2) is 0 Å². The molecule has 1 saturated heterocycles. The molecule has 1 aliphatic rings. The molecule has 0 spiro atoms. The molecule has 8 heteroatoms. The maximum atomic E-state index is 6.55. The summed E-state index contributed by atoms with van der Waals surface area (Å²) in [4.78, 5) is 4.13. The van der Waals surface area contributed by atoms with Gasteiger partial charge in [-0.1, -0.05) is 83.9 Å². The summed E-state index contributed by atoms with van der Waals surface area (Å²) < 4.78 is 20.6. The van der Waals surface area contributed by atoms with E-state index in [0.717, 1.165) is 24.4 Å². The lowest BCUT2D eigenvalue weighted by atomic mass is 10.1. The summed E-state index contributed by atoms with van der Waals surface area (Å²) in [6.07, 6.45) is 9.26. The molecule has 1 unspecified atom stereocenters. The molecule has 0 radical (unpaired) electrons. The zero-order chi connectivity index (χ0) is 26.2. The van der Waals surface area contributed by atoms with Gasteiger partial charge in [-0.3, -0.25) is 0 Å². The molecule has 1 N–H and O–H groups in total. The fraction of sp³-hybridized carbons (Fsp3) is 0.233. The van der Waals surface area contributed by atoms with Crippen LogP contribution in [0.25, 0.3) is 6.08 Å². The molecule has 196 valence electrons. The summed E-state index contributed by atoms with van der Waals surface area (Å²) in [6.45, 7) is 2.68. The molecule has 0 amide bonds. The Morgan fingerprint density at radius 2 is 1.92 bits per heavy atom. The molecule has 0 aliphatic carbocycles. The highest BCUT2D eigenvalue weighted by molar-refractivity contribution is 6.35. The van der Waals surface area contributed by atoms with E-state index < -0.39 is 5.79 Å². The Hall–Kier alpha value is -3.13. The van der Waals surface area contributed by atoms with Gasteiger partial charge >= 0.3 is 0 Å². The molecular weight excluding hydrogens is 521 g/mol. The van der Waals surface area contributed by atoms with Crippen molar-refractivity contribution in [3.05, 3.63) is 124 Å². The Bertz CT molecular complexity index is 1330. The molecule has 1 aromatic heterocycles. The van der Waals surface area contributed by atoms with Crippen LogP contribution >= 0.6 is 23.2 Å². The van der Waals surface area contributed by atoms with Crippen molar-refractivity contribution in [2.75, 3.05) is 19.8 Å². The van der Waals surface area contributed by atoms with Crippen molar-refractivity contribution in [1.29, 1.82) is 0 Å². The first-order valence-electron chi connectivity index (χ1n) is 12.5. The van der Waals surface area contributed by atoms with Crippen molar-refractivity contribution in [2.45, 2.75) is 25.0 Å². The SMILES string of the molecule is Clc1ccc(C2(Cn3ccnc3)OC[C@H](COc3ccc(CNCC=Cc4ccccc4)cc3)O2)c(Cl)c1. The third kappa shape index (κ3) is 6.84. The average molecular weight is 550 g/mol. The van der Waals surface area contributed by atoms with Gasteiger partial charge in [-0.05, 0) is 35.4 Å². The van der Waals surface area contributed by atoms with E-state index in [1.54, 1.807) is 24.7 Å². The maximum absolute atomic E-state index is 6.55. The minimum absolute atomic E-state index is 0.275. The Morgan fingerprint density at radius 1 is 1.08 bits per heavy atom. The van der Waals surface area contributed by atoms with Gasteiger partial charge in [0.25, 0.3) is 0 Å². The molecule has 0 bridgehead atoms. The number of imidazole rings is 1. The summed E-state index contributed by atoms with van der Waals surface area (Å²) in [6, 6.07) is 23.7. The summed E-state index contributed by atoms with van der Waals surface area (Å²) in [5, 5.41) is 4.47. The number of nitrogens with one attached hydrogen (secondary N) is 1. The standard InChI is InChI=1S/C30H29Cl2N3O3/c31-25-10-13-28(29(32)17-25)30(21-35-16-15-34-22-35)37-20-27(38-30)19-36-26-11-8-24(9-12-26)18-33-14-4-7-23-5-2-1-3-6-23/h1-13,15-17,22,27,33H,14,18-21H2/t27-,30?/m0/s1. The monoisotopic (exact) mass is 549 g/mol. The number of aromatic nitrogens is 2. The van der Waals surface area contributed by atoms with Crippen LogP contribution in [-0.4, -0.2) is 35.4 Å². The molecule has 2 atom stereocenters. The van der Waals surface area contributed by atoms with Crippen molar-refractivity contribution >= 4 is 29.3 Å². The lowest BCUT2D eigenvalue weighted by Gasteiger charge is -2.30. The average Bonchev–Trinajstić information content (AvgIpc) is 3.59. The number of halogens is 2. The molecule has 0 saturated carbocycles. The summed E-state index contributed by atoms with van der Waals surface area (Å²) in [5.41, 5.74) is 3.10. The van der Waals surface area contributed by atoms with E-state index in [9.17, 15) is 0 Å². The van der Waals surface area contributed by atoms with Gasteiger partial charge in [0.05, 0.1) is 24.5 Å². The second-order valence-corrected chi connectivity index (χ2v) is 9.91. The molecule has 1 fully saturated rings. The van der Waals surface area contributed by atoms with Crippen molar-refractivity contribution in [1.82, 2.24) is 14.9 Å². The zero-order valence-electron chi connectivity index (χ0n) is 20.8. The molecule has 2 heterocycles. The lowest BCUT2D eigenvalue weighted by Crippen LogP contribution is -2.34. The number of nitrogens with zero attached hydrogens (tertiary/aromatic N) is 2. The Labute approximate surface area is 232 Å². The first-order valence-corrected chi connectivity index (χ1v) is 13.2. The van der Waals surface area contributed by atoms with Crippen LogP contribution in [0.5, 0.6) is 5.75 Å². The number of ether oxygens (including phenoxy) is 3. The van der Waals surface area contributed by atoms with E-state index in [0.29, 0.717) is 29.8 Å². The summed E-state index contributed by atoms with van der Waals surface area (Å²) in [5.74, 6) is -0.293. The van der Waals surface area contributed by atoms with Gasteiger partial charge in [0, 0.05) is 36.1 Å². The largest absolute Gasteiger partial charge is 0.491 e. The van der Waals surface area contributed by atoms with Gasteiger partial charge in [0.2, 0.25) is 5.79 Å². The van der Waals surface area contributed by atoms with E-state index >= 15 is 0 Å².